The van der Waals surface area contributed by atoms with Crippen molar-refractivity contribution in [3.05, 3.63) is 71.6 Å². The van der Waals surface area contributed by atoms with Crippen LogP contribution in [0.25, 0.3) is 27.9 Å². The number of fused-ring (bicyclic) bond motifs is 4. The lowest BCUT2D eigenvalue weighted by Crippen LogP contribution is -2.05. The number of hydrogen-bond donors (Lipinski definition) is 2. The molecule has 156 valence electrons. The SMILES string of the molecule is Cc1cnn2c(N)nc(-c3cncc(F)c3)nc12.c1ccc2c3c([nH]c2c1)CCCC3. The van der Waals surface area contributed by atoms with E-state index in [0.29, 0.717) is 17.0 Å². The van der Waals surface area contributed by atoms with Gasteiger partial charge >= 0.3 is 0 Å². The Balaban J connectivity index is 0.000000138. The lowest BCUT2D eigenvalue weighted by atomic mass is 9.96. The van der Waals surface area contributed by atoms with E-state index >= 15 is 0 Å². The molecule has 0 spiro atoms. The minimum Gasteiger partial charge on any atom is -0.368 e. The first kappa shape index (κ1) is 19.2. The fraction of sp³-hybridized carbons (Fsp3) is 0.217. The van der Waals surface area contributed by atoms with E-state index in [9.17, 15) is 4.39 Å². The molecule has 4 heterocycles. The molecular formula is C23H22FN7. The predicted octanol–water partition coefficient (Wildman–Crippen LogP) is 4.26. The molecule has 3 N–H and O–H groups in total. The molecule has 0 aliphatic heterocycles. The number of pyridine rings is 1. The number of aromatic nitrogens is 6. The summed E-state index contributed by atoms with van der Waals surface area (Å²) in [5.74, 6) is 0.0859. The molecule has 1 aliphatic rings. The highest BCUT2D eigenvalue weighted by atomic mass is 19.1. The Morgan fingerprint density at radius 1 is 1.06 bits per heavy atom. The van der Waals surface area contributed by atoms with Crippen LogP contribution in [0.5, 0.6) is 0 Å². The van der Waals surface area contributed by atoms with E-state index in [0.717, 1.165) is 11.8 Å². The molecule has 4 aromatic heterocycles. The van der Waals surface area contributed by atoms with Gasteiger partial charge in [-0.05, 0) is 50.3 Å². The van der Waals surface area contributed by atoms with Crippen molar-refractivity contribution in [3.8, 4) is 11.4 Å². The van der Waals surface area contributed by atoms with Crippen LogP contribution in [-0.2, 0) is 12.8 Å². The Morgan fingerprint density at radius 2 is 1.90 bits per heavy atom. The van der Waals surface area contributed by atoms with Crippen LogP contribution in [0.3, 0.4) is 0 Å². The number of rotatable bonds is 1. The van der Waals surface area contributed by atoms with Gasteiger partial charge in [0.05, 0.1) is 12.4 Å². The molecule has 5 aromatic rings. The van der Waals surface area contributed by atoms with Crippen LogP contribution < -0.4 is 5.73 Å². The zero-order valence-electron chi connectivity index (χ0n) is 17.1. The maximum Gasteiger partial charge on any atom is 0.225 e. The van der Waals surface area contributed by atoms with Gasteiger partial charge in [0.15, 0.2) is 11.5 Å². The molecular weight excluding hydrogens is 393 g/mol. The molecule has 0 fully saturated rings. The van der Waals surface area contributed by atoms with E-state index in [2.05, 4.69) is 49.3 Å². The molecule has 0 bridgehead atoms. The Bertz CT molecular complexity index is 1390. The second kappa shape index (κ2) is 7.79. The summed E-state index contributed by atoms with van der Waals surface area (Å²) in [4.78, 5) is 15.7. The van der Waals surface area contributed by atoms with Crippen LogP contribution in [0.4, 0.5) is 10.3 Å². The highest BCUT2D eigenvalue weighted by molar-refractivity contribution is 5.84. The van der Waals surface area contributed by atoms with Crippen LogP contribution in [0.1, 0.15) is 29.7 Å². The van der Waals surface area contributed by atoms with Gasteiger partial charge in [-0.25, -0.2) is 9.37 Å². The van der Waals surface area contributed by atoms with Gasteiger partial charge in [0.25, 0.3) is 0 Å². The van der Waals surface area contributed by atoms with Gasteiger partial charge in [0, 0.05) is 33.9 Å². The quantitative estimate of drug-likeness (QED) is 0.426. The Hall–Kier alpha value is -3.81. The third kappa shape index (κ3) is 3.61. The summed E-state index contributed by atoms with van der Waals surface area (Å²) in [7, 11) is 0. The third-order valence-electron chi connectivity index (χ3n) is 5.54. The molecule has 0 radical (unpaired) electrons. The second-order valence-electron chi connectivity index (χ2n) is 7.70. The van der Waals surface area contributed by atoms with Crippen molar-refractivity contribution < 1.29 is 4.39 Å². The number of hydrogen-bond acceptors (Lipinski definition) is 5. The summed E-state index contributed by atoms with van der Waals surface area (Å²) in [6.07, 6.45) is 9.46. The molecule has 0 saturated carbocycles. The number of H-pyrrole nitrogens is 1. The molecule has 0 atom stereocenters. The van der Waals surface area contributed by atoms with Gasteiger partial charge in [0.2, 0.25) is 5.95 Å². The summed E-state index contributed by atoms with van der Waals surface area (Å²) in [6, 6.07) is 9.95. The summed E-state index contributed by atoms with van der Waals surface area (Å²) >= 11 is 0. The summed E-state index contributed by atoms with van der Waals surface area (Å²) in [5, 5.41) is 5.49. The maximum absolute atomic E-state index is 13.1. The smallest absolute Gasteiger partial charge is 0.225 e. The normalized spacial score (nSPS) is 13.1. The molecule has 1 aliphatic carbocycles. The first-order valence-corrected chi connectivity index (χ1v) is 10.3. The Kier molecular flexibility index (Phi) is 4.82. The van der Waals surface area contributed by atoms with Crippen molar-refractivity contribution in [2.24, 2.45) is 0 Å². The van der Waals surface area contributed by atoms with E-state index in [1.54, 1.807) is 11.8 Å². The fourth-order valence-electron chi connectivity index (χ4n) is 4.03. The number of nitrogens with zero attached hydrogens (tertiary/aromatic N) is 5. The van der Waals surface area contributed by atoms with Crippen molar-refractivity contribution in [1.29, 1.82) is 0 Å². The molecule has 8 heteroatoms. The monoisotopic (exact) mass is 415 g/mol. The molecule has 7 nitrogen and oxygen atoms in total. The number of para-hydroxylation sites is 1. The summed E-state index contributed by atoms with van der Waals surface area (Å²) < 4.78 is 14.6. The number of aryl methyl sites for hydroxylation is 3. The van der Waals surface area contributed by atoms with Crippen LogP contribution in [0, 0.1) is 12.7 Å². The number of benzene rings is 1. The zero-order chi connectivity index (χ0) is 21.4. The molecule has 1 aromatic carbocycles. The van der Waals surface area contributed by atoms with E-state index < -0.39 is 5.82 Å². The number of anilines is 1. The van der Waals surface area contributed by atoms with Crippen molar-refractivity contribution in [2.45, 2.75) is 32.6 Å². The fourth-order valence-corrected chi connectivity index (χ4v) is 4.03. The summed E-state index contributed by atoms with van der Waals surface area (Å²) in [5.41, 5.74) is 12.1. The number of aromatic amines is 1. The Labute approximate surface area is 178 Å². The first-order valence-electron chi connectivity index (χ1n) is 10.3. The average molecular weight is 415 g/mol. The third-order valence-corrected chi connectivity index (χ3v) is 5.54. The predicted molar refractivity (Wildman–Crippen MR) is 118 cm³/mol. The molecule has 6 rings (SSSR count). The number of nitrogen functional groups attached to an aromatic ring is 1. The molecule has 0 unspecified atom stereocenters. The molecule has 31 heavy (non-hydrogen) atoms. The van der Waals surface area contributed by atoms with Gasteiger partial charge in [-0.1, -0.05) is 18.2 Å². The van der Waals surface area contributed by atoms with Crippen molar-refractivity contribution >= 4 is 22.5 Å². The lowest BCUT2D eigenvalue weighted by Gasteiger charge is -2.10. The van der Waals surface area contributed by atoms with Gasteiger partial charge in [0.1, 0.15) is 5.82 Å². The van der Waals surface area contributed by atoms with Gasteiger partial charge in [-0.3, -0.25) is 4.98 Å². The minimum absolute atomic E-state index is 0.201. The Morgan fingerprint density at radius 3 is 2.77 bits per heavy atom. The van der Waals surface area contributed by atoms with E-state index in [4.69, 9.17) is 5.73 Å². The van der Waals surface area contributed by atoms with Gasteiger partial charge < -0.3 is 10.7 Å². The van der Waals surface area contributed by atoms with E-state index in [-0.39, 0.29) is 5.95 Å². The van der Waals surface area contributed by atoms with Crippen LogP contribution in [-0.4, -0.2) is 29.5 Å². The average Bonchev–Trinajstić information content (AvgIpc) is 3.35. The van der Waals surface area contributed by atoms with Crippen LogP contribution in [0.15, 0.2) is 48.9 Å². The van der Waals surface area contributed by atoms with Crippen molar-refractivity contribution in [3.63, 3.8) is 0 Å². The van der Waals surface area contributed by atoms with Gasteiger partial charge in [-0.15, -0.1) is 0 Å². The standard InChI is InChI=1S/C12H13N.C11H9FN6/c1-3-7-11-9(5-1)10-6-2-4-8-12(10)13-11;1-6-3-15-18-10(6)16-9(17-11(18)13)7-2-8(12)5-14-4-7/h1,3,5,7,13H,2,4,6,8H2;2-5H,1H3,(H2,13,16,17). The van der Waals surface area contributed by atoms with Crippen molar-refractivity contribution in [2.75, 3.05) is 5.73 Å². The largest absolute Gasteiger partial charge is 0.368 e. The van der Waals surface area contributed by atoms with E-state index in [1.165, 1.54) is 59.1 Å². The minimum atomic E-state index is -0.445. The van der Waals surface area contributed by atoms with E-state index in [1.807, 2.05) is 6.92 Å². The molecule has 0 amide bonds. The highest BCUT2D eigenvalue weighted by Gasteiger charge is 2.14. The number of nitrogens with two attached hydrogens (primary N) is 1. The summed E-state index contributed by atoms with van der Waals surface area (Å²) in [6.45, 7) is 1.86. The highest BCUT2D eigenvalue weighted by Crippen LogP contribution is 2.28. The van der Waals surface area contributed by atoms with Crippen LogP contribution >= 0.6 is 0 Å². The van der Waals surface area contributed by atoms with Crippen LogP contribution in [0.2, 0.25) is 0 Å². The topological polar surface area (TPSA) is 97.8 Å². The maximum atomic E-state index is 13.1. The van der Waals surface area contributed by atoms with Crippen molar-refractivity contribution in [1.82, 2.24) is 29.5 Å². The number of nitrogens with one attached hydrogen (secondary N) is 1. The first-order chi connectivity index (χ1) is 15.1. The second-order valence-corrected chi connectivity index (χ2v) is 7.70. The number of halogens is 1. The zero-order valence-corrected chi connectivity index (χ0v) is 17.1. The molecule has 0 saturated heterocycles. The van der Waals surface area contributed by atoms with Gasteiger partial charge in [-0.2, -0.15) is 14.6 Å². The lowest BCUT2D eigenvalue weighted by molar-refractivity contribution is 0.622.